The van der Waals surface area contributed by atoms with Gasteiger partial charge >= 0.3 is 0 Å². The number of nitrogens with two attached hydrogens (primary N) is 1. The zero-order valence-corrected chi connectivity index (χ0v) is 11.2. The Morgan fingerprint density at radius 1 is 1.12 bits per heavy atom. The molecule has 2 nitrogen and oxygen atoms in total. The van der Waals surface area contributed by atoms with E-state index in [0.717, 1.165) is 4.47 Å². The first kappa shape index (κ1) is 11.9. The van der Waals surface area contributed by atoms with Crippen LogP contribution in [0.3, 0.4) is 0 Å². The van der Waals surface area contributed by atoms with Crippen molar-refractivity contribution in [2.24, 2.45) is 5.73 Å². The third-order valence-corrected chi connectivity index (χ3v) is 3.71. The number of nitrogens with zero attached hydrogens (tertiary/aromatic N) is 1. The van der Waals surface area contributed by atoms with Crippen molar-refractivity contribution < 1.29 is 0 Å². The number of anilines is 1. The van der Waals surface area contributed by atoms with Gasteiger partial charge in [0, 0.05) is 29.8 Å². The highest BCUT2D eigenvalue weighted by Crippen LogP contribution is 2.27. The standard InChI is InChI=1S/C13H19BrN2/c14-12-6-5-11(10-15)13(9-12)16-7-3-1-2-4-8-16/h5-6,9H,1-4,7-8,10,15H2. The van der Waals surface area contributed by atoms with Crippen LogP contribution in [0.1, 0.15) is 31.2 Å². The topological polar surface area (TPSA) is 29.3 Å². The molecule has 1 fully saturated rings. The monoisotopic (exact) mass is 282 g/mol. The van der Waals surface area contributed by atoms with Gasteiger partial charge in [-0.3, -0.25) is 0 Å². The summed E-state index contributed by atoms with van der Waals surface area (Å²) in [6, 6.07) is 6.40. The van der Waals surface area contributed by atoms with Crippen LogP contribution in [-0.2, 0) is 6.54 Å². The quantitative estimate of drug-likeness (QED) is 0.902. The maximum atomic E-state index is 5.80. The predicted molar refractivity (Wildman–Crippen MR) is 72.7 cm³/mol. The molecule has 88 valence electrons. The van der Waals surface area contributed by atoms with Gasteiger partial charge < -0.3 is 10.6 Å². The maximum Gasteiger partial charge on any atom is 0.0423 e. The van der Waals surface area contributed by atoms with E-state index in [9.17, 15) is 0 Å². The molecule has 0 saturated carbocycles. The number of benzene rings is 1. The molecule has 1 saturated heterocycles. The summed E-state index contributed by atoms with van der Waals surface area (Å²) >= 11 is 3.54. The van der Waals surface area contributed by atoms with Gasteiger partial charge in [0.05, 0.1) is 0 Å². The minimum absolute atomic E-state index is 0.624. The van der Waals surface area contributed by atoms with Gasteiger partial charge in [0.1, 0.15) is 0 Å². The number of halogens is 1. The average Bonchev–Trinajstić information content (AvgIpc) is 2.57. The van der Waals surface area contributed by atoms with E-state index in [1.807, 2.05) is 0 Å². The van der Waals surface area contributed by atoms with Gasteiger partial charge in [0.15, 0.2) is 0 Å². The summed E-state index contributed by atoms with van der Waals surface area (Å²) in [6.45, 7) is 2.96. The summed E-state index contributed by atoms with van der Waals surface area (Å²) in [4.78, 5) is 2.49. The molecule has 0 aliphatic carbocycles. The summed E-state index contributed by atoms with van der Waals surface area (Å²) < 4.78 is 1.14. The molecule has 0 radical (unpaired) electrons. The fourth-order valence-electron chi connectivity index (χ4n) is 2.32. The minimum Gasteiger partial charge on any atom is -0.371 e. The molecular formula is C13H19BrN2. The Bertz CT molecular complexity index is 344. The lowest BCUT2D eigenvalue weighted by atomic mass is 10.1. The van der Waals surface area contributed by atoms with Crippen LogP contribution < -0.4 is 10.6 Å². The molecule has 2 rings (SSSR count). The molecule has 3 heteroatoms. The van der Waals surface area contributed by atoms with Crippen molar-refractivity contribution in [2.75, 3.05) is 18.0 Å². The highest BCUT2D eigenvalue weighted by Gasteiger charge is 2.13. The van der Waals surface area contributed by atoms with Gasteiger partial charge in [-0.1, -0.05) is 34.8 Å². The summed E-state index contributed by atoms with van der Waals surface area (Å²) in [5.74, 6) is 0. The van der Waals surface area contributed by atoms with Crippen LogP contribution in [0.25, 0.3) is 0 Å². The lowest BCUT2D eigenvalue weighted by molar-refractivity contribution is 0.726. The van der Waals surface area contributed by atoms with Crippen molar-refractivity contribution >= 4 is 21.6 Å². The molecule has 0 bridgehead atoms. The van der Waals surface area contributed by atoms with Crippen molar-refractivity contribution in [2.45, 2.75) is 32.2 Å². The second kappa shape index (κ2) is 5.69. The Morgan fingerprint density at radius 2 is 1.81 bits per heavy atom. The van der Waals surface area contributed by atoms with Crippen molar-refractivity contribution in [1.82, 2.24) is 0 Å². The van der Waals surface area contributed by atoms with Crippen LogP contribution in [0.5, 0.6) is 0 Å². The minimum atomic E-state index is 0.624. The van der Waals surface area contributed by atoms with Gasteiger partial charge in [-0.15, -0.1) is 0 Å². The van der Waals surface area contributed by atoms with Crippen LogP contribution in [0.2, 0.25) is 0 Å². The molecule has 0 atom stereocenters. The lowest BCUT2D eigenvalue weighted by Gasteiger charge is -2.25. The summed E-state index contributed by atoms with van der Waals surface area (Å²) in [7, 11) is 0. The zero-order chi connectivity index (χ0) is 11.4. The molecule has 0 amide bonds. The van der Waals surface area contributed by atoms with E-state index >= 15 is 0 Å². The number of hydrogen-bond acceptors (Lipinski definition) is 2. The molecule has 1 aliphatic rings. The maximum absolute atomic E-state index is 5.80. The number of rotatable bonds is 2. The Kier molecular flexibility index (Phi) is 4.24. The van der Waals surface area contributed by atoms with E-state index < -0.39 is 0 Å². The van der Waals surface area contributed by atoms with Gasteiger partial charge in [0.25, 0.3) is 0 Å². The number of hydrogen-bond donors (Lipinski definition) is 1. The van der Waals surface area contributed by atoms with Crippen LogP contribution >= 0.6 is 15.9 Å². The van der Waals surface area contributed by atoms with Crippen molar-refractivity contribution in [3.63, 3.8) is 0 Å². The highest BCUT2D eigenvalue weighted by molar-refractivity contribution is 9.10. The van der Waals surface area contributed by atoms with Gasteiger partial charge in [-0.25, -0.2) is 0 Å². The molecule has 1 aromatic carbocycles. The zero-order valence-electron chi connectivity index (χ0n) is 9.58. The van der Waals surface area contributed by atoms with Crippen molar-refractivity contribution in [3.8, 4) is 0 Å². The lowest BCUT2D eigenvalue weighted by Crippen LogP contribution is -2.25. The van der Waals surface area contributed by atoms with E-state index in [4.69, 9.17) is 5.73 Å². The second-order valence-corrected chi connectivity index (χ2v) is 5.29. The van der Waals surface area contributed by atoms with E-state index in [2.05, 4.69) is 39.0 Å². The van der Waals surface area contributed by atoms with E-state index in [1.54, 1.807) is 0 Å². The van der Waals surface area contributed by atoms with E-state index in [1.165, 1.54) is 50.0 Å². The highest BCUT2D eigenvalue weighted by atomic mass is 79.9. The Labute approximate surface area is 106 Å². The molecule has 1 aromatic rings. The summed E-state index contributed by atoms with van der Waals surface area (Å²) in [5, 5.41) is 0. The molecule has 1 heterocycles. The first-order chi connectivity index (χ1) is 7.81. The van der Waals surface area contributed by atoms with Crippen molar-refractivity contribution in [3.05, 3.63) is 28.2 Å². The Morgan fingerprint density at radius 3 is 2.44 bits per heavy atom. The normalized spacial score (nSPS) is 17.2. The molecule has 0 unspecified atom stereocenters. The Balaban J connectivity index is 2.25. The SMILES string of the molecule is NCc1ccc(Br)cc1N1CCCCCC1. The van der Waals surface area contributed by atoms with Gasteiger partial charge in [-0.05, 0) is 30.5 Å². The third-order valence-electron chi connectivity index (χ3n) is 3.21. The Hall–Kier alpha value is -0.540. The van der Waals surface area contributed by atoms with Gasteiger partial charge in [0.2, 0.25) is 0 Å². The van der Waals surface area contributed by atoms with E-state index in [0.29, 0.717) is 6.54 Å². The molecule has 16 heavy (non-hydrogen) atoms. The molecule has 2 N–H and O–H groups in total. The fourth-order valence-corrected chi connectivity index (χ4v) is 2.66. The fraction of sp³-hybridized carbons (Fsp3) is 0.538. The largest absolute Gasteiger partial charge is 0.371 e. The summed E-state index contributed by atoms with van der Waals surface area (Å²) in [6.07, 6.45) is 5.33. The van der Waals surface area contributed by atoms with Crippen LogP contribution in [-0.4, -0.2) is 13.1 Å². The van der Waals surface area contributed by atoms with Crippen LogP contribution in [0.4, 0.5) is 5.69 Å². The first-order valence-corrected chi connectivity index (χ1v) is 6.84. The van der Waals surface area contributed by atoms with Crippen molar-refractivity contribution in [1.29, 1.82) is 0 Å². The van der Waals surface area contributed by atoms with E-state index in [-0.39, 0.29) is 0 Å². The first-order valence-electron chi connectivity index (χ1n) is 6.04. The average molecular weight is 283 g/mol. The molecule has 1 aliphatic heterocycles. The smallest absolute Gasteiger partial charge is 0.0423 e. The predicted octanol–water partition coefficient (Wildman–Crippen LogP) is 3.29. The van der Waals surface area contributed by atoms with Crippen LogP contribution in [0.15, 0.2) is 22.7 Å². The van der Waals surface area contributed by atoms with Crippen LogP contribution in [0, 0.1) is 0 Å². The van der Waals surface area contributed by atoms with Gasteiger partial charge in [-0.2, -0.15) is 0 Å². The molecular weight excluding hydrogens is 264 g/mol. The molecule has 0 spiro atoms. The third kappa shape index (κ3) is 2.77. The molecule has 0 aromatic heterocycles. The second-order valence-electron chi connectivity index (χ2n) is 4.38. The summed E-state index contributed by atoms with van der Waals surface area (Å²) in [5.41, 5.74) is 8.38.